The Morgan fingerprint density at radius 1 is 1.42 bits per heavy atom. The Balaban J connectivity index is 2.05. The maximum absolute atomic E-state index is 11.1. The Hall–Kier alpha value is -2.31. The van der Waals surface area contributed by atoms with Crippen molar-refractivity contribution in [2.75, 3.05) is 11.1 Å². The molecule has 4 N–H and O–H groups in total. The number of carboxylic acids is 1. The number of nitrogens with zero attached hydrogens (tertiary/aromatic N) is 3. The monoisotopic (exact) mass is 261 g/mol. The average Bonchev–Trinajstić information content (AvgIpc) is 2.97. The summed E-state index contributed by atoms with van der Waals surface area (Å²) in [7, 11) is 0. The first-order valence-electron chi connectivity index (χ1n) is 6.30. The first-order chi connectivity index (χ1) is 9.15. The molecule has 1 aliphatic rings. The van der Waals surface area contributed by atoms with Crippen LogP contribution in [0.3, 0.4) is 0 Å². The Bertz CT molecular complexity index is 630. The fourth-order valence-corrected chi connectivity index (χ4v) is 2.54. The van der Waals surface area contributed by atoms with Crippen molar-refractivity contribution in [1.29, 1.82) is 0 Å². The highest BCUT2D eigenvalue weighted by atomic mass is 16.4. The standard InChI is InChI=1S/C12H15N5O2/c13-12-15-10-8(14-7-3-1-2-4-7)5-6-9(11(18)19)17(10)16-12/h5-7,14H,1-4H2,(H2,13,16)(H,18,19). The minimum Gasteiger partial charge on any atom is -0.477 e. The van der Waals surface area contributed by atoms with E-state index in [0.29, 0.717) is 11.7 Å². The number of anilines is 2. The van der Waals surface area contributed by atoms with E-state index in [1.54, 1.807) is 6.07 Å². The second kappa shape index (κ2) is 4.42. The topological polar surface area (TPSA) is 106 Å². The van der Waals surface area contributed by atoms with Crippen LogP contribution in [0.1, 0.15) is 36.2 Å². The molecular formula is C12H15N5O2. The molecule has 0 aromatic carbocycles. The van der Waals surface area contributed by atoms with Gasteiger partial charge in [0.15, 0.2) is 11.3 Å². The van der Waals surface area contributed by atoms with Crippen molar-refractivity contribution in [1.82, 2.24) is 14.6 Å². The molecule has 0 spiro atoms. The molecule has 1 fully saturated rings. The molecule has 3 rings (SSSR count). The summed E-state index contributed by atoms with van der Waals surface area (Å²) < 4.78 is 1.27. The van der Waals surface area contributed by atoms with Gasteiger partial charge in [-0.1, -0.05) is 12.8 Å². The van der Waals surface area contributed by atoms with E-state index in [9.17, 15) is 4.79 Å². The van der Waals surface area contributed by atoms with Crippen LogP contribution in [0.15, 0.2) is 12.1 Å². The molecule has 0 unspecified atom stereocenters. The van der Waals surface area contributed by atoms with Gasteiger partial charge in [0.05, 0.1) is 5.69 Å². The van der Waals surface area contributed by atoms with Crippen molar-refractivity contribution in [3.63, 3.8) is 0 Å². The van der Waals surface area contributed by atoms with Gasteiger partial charge in [-0.2, -0.15) is 4.98 Å². The number of pyridine rings is 1. The van der Waals surface area contributed by atoms with Gasteiger partial charge >= 0.3 is 5.97 Å². The predicted octanol–water partition coefficient (Wildman–Crippen LogP) is 1.36. The normalized spacial score (nSPS) is 16.0. The summed E-state index contributed by atoms with van der Waals surface area (Å²) in [6.45, 7) is 0. The van der Waals surface area contributed by atoms with Gasteiger partial charge in [-0.25, -0.2) is 9.31 Å². The lowest BCUT2D eigenvalue weighted by atomic mass is 10.2. The van der Waals surface area contributed by atoms with E-state index in [4.69, 9.17) is 10.8 Å². The van der Waals surface area contributed by atoms with E-state index < -0.39 is 5.97 Å². The van der Waals surface area contributed by atoms with Gasteiger partial charge in [-0.05, 0) is 25.0 Å². The largest absolute Gasteiger partial charge is 0.477 e. The second-order valence-corrected chi connectivity index (χ2v) is 4.77. The molecule has 100 valence electrons. The molecule has 0 atom stereocenters. The van der Waals surface area contributed by atoms with Crippen LogP contribution in [0.4, 0.5) is 11.6 Å². The van der Waals surface area contributed by atoms with Gasteiger partial charge in [-0.3, -0.25) is 0 Å². The molecule has 1 aliphatic carbocycles. The lowest BCUT2D eigenvalue weighted by Gasteiger charge is -2.14. The molecule has 0 radical (unpaired) electrons. The molecular weight excluding hydrogens is 246 g/mol. The molecule has 2 heterocycles. The van der Waals surface area contributed by atoms with Gasteiger partial charge in [0.1, 0.15) is 0 Å². The molecule has 1 saturated carbocycles. The number of nitrogens with two attached hydrogens (primary N) is 1. The molecule has 0 amide bonds. The summed E-state index contributed by atoms with van der Waals surface area (Å²) >= 11 is 0. The zero-order chi connectivity index (χ0) is 13.4. The number of aromatic nitrogens is 3. The lowest BCUT2D eigenvalue weighted by Crippen LogP contribution is -2.16. The zero-order valence-electron chi connectivity index (χ0n) is 10.3. The van der Waals surface area contributed by atoms with Crippen LogP contribution < -0.4 is 11.1 Å². The molecule has 19 heavy (non-hydrogen) atoms. The summed E-state index contributed by atoms with van der Waals surface area (Å²) in [6.07, 6.45) is 4.68. The van der Waals surface area contributed by atoms with Crippen LogP contribution in [0.25, 0.3) is 5.65 Å². The van der Waals surface area contributed by atoms with Crippen molar-refractivity contribution in [3.05, 3.63) is 17.8 Å². The Kier molecular flexibility index (Phi) is 2.73. The number of fused-ring (bicyclic) bond motifs is 1. The Morgan fingerprint density at radius 2 is 2.16 bits per heavy atom. The maximum Gasteiger partial charge on any atom is 0.354 e. The van der Waals surface area contributed by atoms with Crippen LogP contribution in [0, 0.1) is 0 Å². The lowest BCUT2D eigenvalue weighted by molar-refractivity contribution is 0.0687. The van der Waals surface area contributed by atoms with Gasteiger partial charge in [0.25, 0.3) is 0 Å². The zero-order valence-corrected chi connectivity index (χ0v) is 10.3. The van der Waals surface area contributed by atoms with Crippen molar-refractivity contribution in [2.24, 2.45) is 0 Å². The SMILES string of the molecule is Nc1nc2c(NC3CCCC3)ccc(C(=O)O)n2n1. The highest BCUT2D eigenvalue weighted by Gasteiger charge is 2.19. The van der Waals surface area contributed by atoms with Crippen molar-refractivity contribution >= 4 is 23.3 Å². The fourth-order valence-electron chi connectivity index (χ4n) is 2.54. The first kappa shape index (κ1) is 11.8. The van der Waals surface area contributed by atoms with E-state index >= 15 is 0 Å². The van der Waals surface area contributed by atoms with E-state index in [0.717, 1.165) is 18.5 Å². The van der Waals surface area contributed by atoms with Gasteiger partial charge in [0, 0.05) is 6.04 Å². The molecule has 2 aromatic heterocycles. The van der Waals surface area contributed by atoms with Crippen LogP contribution >= 0.6 is 0 Å². The number of carboxylic acid groups (broad SMARTS) is 1. The van der Waals surface area contributed by atoms with Crippen LogP contribution in [-0.2, 0) is 0 Å². The first-order valence-corrected chi connectivity index (χ1v) is 6.30. The number of hydrogen-bond acceptors (Lipinski definition) is 5. The van der Waals surface area contributed by atoms with Crippen molar-refractivity contribution in [2.45, 2.75) is 31.7 Å². The molecule has 0 saturated heterocycles. The highest BCUT2D eigenvalue weighted by Crippen LogP contribution is 2.25. The number of hydrogen-bond donors (Lipinski definition) is 3. The van der Waals surface area contributed by atoms with E-state index in [1.165, 1.54) is 23.4 Å². The number of carbonyl (C=O) groups is 1. The van der Waals surface area contributed by atoms with E-state index in [-0.39, 0.29) is 11.6 Å². The van der Waals surface area contributed by atoms with Crippen LogP contribution in [0.5, 0.6) is 0 Å². The molecule has 2 aromatic rings. The van der Waals surface area contributed by atoms with Gasteiger partial charge in [0.2, 0.25) is 5.95 Å². The van der Waals surface area contributed by atoms with Crippen molar-refractivity contribution < 1.29 is 9.90 Å². The highest BCUT2D eigenvalue weighted by molar-refractivity contribution is 5.88. The molecule has 0 aliphatic heterocycles. The van der Waals surface area contributed by atoms with Crippen molar-refractivity contribution in [3.8, 4) is 0 Å². The van der Waals surface area contributed by atoms with Crippen LogP contribution in [-0.4, -0.2) is 31.7 Å². The molecule has 7 heteroatoms. The maximum atomic E-state index is 11.1. The average molecular weight is 261 g/mol. The third kappa shape index (κ3) is 2.07. The summed E-state index contributed by atoms with van der Waals surface area (Å²) in [6, 6.07) is 3.66. The number of nitrogens with one attached hydrogen (secondary N) is 1. The quantitative estimate of drug-likeness (QED) is 0.770. The smallest absolute Gasteiger partial charge is 0.354 e. The molecule has 7 nitrogen and oxygen atoms in total. The Labute approximate surface area is 109 Å². The summed E-state index contributed by atoms with van der Waals surface area (Å²) in [5.74, 6) is -0.981. The number of rotatable bonds is 3. The third-order valence-electron chi connectivity index (χ3n) is 3.43. The fraction of sp³-hybridized carbons (Fsp3) is 0.417. The Morgan fingerprint density at radius 3 is 2.84 bits per heavy atom. The molecule has 0 bridgehead atoms. The second-order valence-electron chi connectivity index (χ2n) is 4.77. The van der Waals surface area contributed by atoms with E-state index in [2.05, 4.69) is 15.4 Å². The van der Waals surface area contributed by atoms with E-state index in [1.807, 2.05) is 0 Å². The summed E-state index contributed by atoms with van der Waals surface area (Å²) in [5.41, 5.74) is 6.87. The summed E-state index contributed by atoms with van der Waals surface area (Å²) in [5, 5.41) is 16.4. The van der Waals surface area contributed by atoms with Crippen LogP contribution in [0.2, 0.25) is 0 Å². The van der Waals surface area contributed by atoms with Gasteiger partial charge < -0.3 is 16.2 Å². The predicted molar refractivity (Wildman–Crippen MR) is 70.2 cm³/mol. The van der Waals surface area contributed by atoms with Gasteiger partial charge in [-0.15, -0.1) is 5.10 Å². The number of nitrogen functional groups attached to an aromatic ring is 1. The number of aromatic carboxylic acids is 1. The third-order valence-corrected chi connectivity index (χ3v) is 3.43. The minimum absolute atomic E-state index is 0.0520. The minimum atomic E-state index is -1.05. The summed E-state index contributed by atoms with van der Waals surface area (Å²) in [4.78, 5) is 15.2.